The molecule has 2 heterocycles. The number of carbonyl (C=O) groups is 1. The first-order chi connectivity index (χ1) is 11.6. The van der Waals surface area contributed by atoms with E-state index in [1.165, 1.54) is 16.4 Å². The average Bonchev–Trinajstić information content (AvgIpc) is 2.92. The third kappa shape index (κ3) is 4.71. The number of ether oxygens (including phenoxy) is 1. The van der Waals surface area contributed by atoms with Gasteiger partial charge in [0.25, 0.3) is 5.91 Å². The molecule has 1 N–H and O–H groups in total. The summed E-state index contributed by atoms with van der Waals surface area (Å²) in [5.41, 5.74) is 0.523. The van der Waals surface area contributed by atoms with E-state index in [1.54, 1.807) is 17.0 Å². The summed E-state index contributed by atoms with van der Waals surface area (Å²) < 4.78 is 32.1. The standard InChI is InChI=1S/C16H23N3O4S.ClH/c20-16(18-9-6-17-7-10-18)14-2-4-15(5-3-14)24(21,22)19-8-1-12-23-13-11-19;/h2-5,17H,1,6-13H2;1H. The molecule has 140 valence electrons. The number of nitrogens with zero attached hydrogens (tertiary/aromatic N) is 2. The summed E-state index contributed by atoms with van der Waals surface area (Å²) in [5.74, 6) is -0.0522. The van der Waals surface area contributed by atoms with Crippen molar-refractivity contribution >= 4 is 28.3 Å². The van der Waals surface area contributed by atoms with Crippen LogP contribution < -0.4 is 5.32 Å². The molecule has 2 saturated heterocycles. The number of nitrogens with one attached hydrogen (secondary N) is 1. The summed E-state index contributed by atoms with van der Waals surface area (Å²) in [7, 11) is -3.53. The van der Waals surface area contributed by atoms with Crippen molar-refractivity contribution in [3.63, 3.8) is 0 Å². The zero-order valence-corrected chi connectivity index (χ0v) is 15.7. The van der Waals surface area contributed by atoms with Gasteiger partial charge in [0.2, 0.25) is 10.0 Å². The van der Waals surface area contributed by atoms with Crippen molar-refractivity contribution < 1.29 is 17.9 Å². The zero-order chi connectivity index (χ0) is 17.0. The second-order valence-electron chi connectivity index (χ2n) is 5.94. The Hall–Kier alpha value is -1.19. The summed E-state index contributed by atoms with van der Waals surface area (Å²) in [6.45, 7) is 4.75. The number of carbonyl (C=O) groups excluding carboxylic acids is 1. The molecule has 1 aromatic rings. The fourth-order valence-corrected chi connectivity index (χ4v) is 4.40. The van der Waals surface area contributed by atoms with Crippen molar-refractivity contribution in [1.29, 1.82) is 0 Å². The Morgan fingerprint density at radius 2 is 1.68 bits per heavy atom. The van der Waals surface area contributed by atoms with Gasteiger partial charge in [0.15, 0.2) is 0 Å². The summed E-state index contributed by atoms with van der Waals surface area (Å²) >= 11 is 0. The highest BCUT2D eigenvalue weighted by Gasteiger charge is 2.26. The topological polar surface area (TPSA) is 79.0 Å². The van der Waals surface area contributed by atoms with Crippen LogP contribution >= 0.6 is 12.4 Å². The van der Waals surface area contributed by atoms with E-state index in [1.807, 2.05) is 0 Å². The largest absolute Gasteiger partial charge is 0.380 e. The lowest BCUT2D eigenvalue weighted by Gasteiger charge is -2.27. The molecule has 0 bridgehead atoms. The van der Waals surface area contributed by atoms with Crippen molar-refractivity contribution in [3.05, 3.63) is 29.8 Å². The van der Waals surface area contributed by atoms with Crippen molar-refractivity contribution in [2.45, 2.75) is 11.3 Å². The molecule has 0 aromatic heterocycles. The number of hydrogen-bond acceptors (Lipinski definition) is 5. The Morgan fingerprint density at radius 1 is 1.00 bits per heavy atom. The van der Waals surface area contributed by atoms with Gasteiger partial charge < -0.3 is 15.0 Å². The molecular weight excluding hydrogens is 366 g/mol. The van der Waals surface area contributed by atoms with E-state index in [2.05, 4.69) is 5.32 Å². The maximum absolute atomic E-state index is 12.7. The lowest BCUT2D eigenvalue weighted by Crippen LogP contribution is -2.46. The molecule has 1 amide bonds. The van der Waals surface area contributed by atoms with Gasteiger partial charge in [-0.2, -0.15) is 4.31 Å². The monoisotopic (exact) mass is 389 g/mol. The van der Waals surface area contributed by atoms with Crippen LogP contribution in [0.5, 0.6) is 0 Å². The molecular formula is C16H24ClN3O4S. The molecule has 0 saturated carbocycles. The summed E-state index contributed by atoms with van der Waals surface area (Å²) in [5, 5.41) is 3.20. The summed E-state index contributed by atoms with van der Waals surface area (Å²) in [6.07, 6.45) is 0.693. The molecule has 0 atom stereocenters. The van der Waals surface area contributed by atoms with Gasteiger partial charge in [-0.1, -0.05) is 0 Å². The number of halogens is 1. The van der Waals surface area contributed by atoms with Gasteiger partial charge in [0, 0.05) is 51.4 Å². The number of hydrogen-bond donors (Lipinski definition) is 1. The second-order valence-corrected chi connectivity index (χ2v) is 7.87. The first-order valence-corrected chi connectivity index (χ1v) is 9.71. The van der Waals surface area contributed by atoms with Gasteiger partial charge in [0.1, 0.15) is 0 Å². The number of benzene rings is 1. The molecule has 3 rings (SSSR count). The van der Waals surface area contributed by atoms with E-state index >= 15 is 0 Å². The Bertz CT molecular complexity index is 667. The van der Waals surface area contributed by atoms with Gasteiger partial charge in [0.05, 0.1) is 11.5 Å². The maximum atomic E-state index is 12.7. The lowest BCUT2D eigenvalue weighted by molar-refractivity contribution is 0.0735. The summed E-state index contributed by atoms with van der Waals surface area (Å²) in [6, 6.07) is 6.25. The lowest BCUT2D eigenvalue weighted by atomic mass is 10.2. The smallest absolute Gasteiger partial charge is 0.253 e. The molecule has 2 aliphatic heterocycles. The van der Waals surface area contributed by atoms with E-state index in [0.29, 0.717) is 51.4 Å². The Balaban J connectivity index is 0.00000225. The second kappa shape index (κ2) is 8.95. The summed E-state index contributed by atoms with van der Waals surface area (Å²) in [4.78, 5) is 14.4. The van der Waals surface area contributed by atoms with Gasteiger partial charge in [-0.25, -0.2) is 8.42 Å². The van der Waals surface area contributed by atoms with Crippen LogP contribution in [-0.2, 0) is 14.8 Å². The molecule has 7 nitrogen and oxygen atoms in total. The van der Waals surface area contributed by atoms with Gasteiger partial charge >= 0.3 is 0 Å². The van der Waals surface area contributed by atoms with Gasteiger partial charge in [-0.3, -0.25) is 4.79 Å². The Labute approximate surface area is 154 Å². The number of sulfonamides is 1. The van der Waals surface area contributed by atoms with Crippen LogP contribution in [-0.4, -0.2) is 76.0 Å². The minimum absolute atomic E-state index is 0. The molecule has 2 aliphatic rings. The quantitative estimate of drug-likeness (QED) is 0.817. The molecule has 1 aromatic carbocycles. The van der Waals surface area contributed by atoms with Crippen molar-refractivity contribution in [3.8, 4) is 0 Å². The van der Waals surface area contributed by atoms with E-state index in [0.717, 1.165) is 13.1 Å². The fourth-order valence-electron chi connectivity index (χ4n) is 2.93. The van der Waals surface area contributed by atoms with E-state index in [9.17, 15) is 13.2 Å². The van der Waals surface area contributed by atoms with Crippen LogP contribution in [0.25, 0.3) is 0 Å². The number of rotatable bonds is 3. The number of amides is 1. The van der Waals surface area contributed by atoms with Crippen LogP contribution in [0.2, 0.25) is 0 Å². The van der Waals surface area contributed by atoms with Crippen LogP contribution in [0.4, 0.5) is 0 Å². The van der Waals surface area contributed by atoms with Crippen LogP contribution in [0.1, 0.15) is 16.8 Å². The molecule has 0 aliphatic carbocycles. The molecule has 25 heavy (non-hydrogen) atoms. The number of piperazine rings is 1. The first-order valence-electron chi connectivity index (χ1n) is 8.27. The predicted octanol–water partition coefficient (Wildman–Crippen LogP) is 0.565. The van der Waals surface area contributed by atoms with Crippen LogP contribution in [0.3, 0.4) is 0 Å². The maximum Gasteiger partial charge on any atom is 0.253 e. The van der Waals surface area contributed by atoms with Gasteiger partial charge in [-0.05, 0) is 30.7 Å². The minimum atomic E-state index is -3.53. The SMILES string of the molecule is Cl.O=C(c1ccc(S(=O)(=O)N2CCCOCC2)cc1)N1CCNCC1. The van der Waals surface area contributed by atoms with E-state index < -0.39 is 10.0 Å². The van der Waals surface area contributed by atoms with E-state index in [-0.39, 0.29) is 23.2 Å². The van der Waals surface area contributed by atoms with E-state index in [4.69, 9.17) is 4.74 Å². The van der Waals surface area contributed by atoms with Crippen LogP contribution in [0.15, 0.2) is 29.2 Å². The Morgan fingerprint density at radius 3 is 2.36 bits per heavy atom. The normalized spacial score (nSPS) is 19.8. The molecule has 0 spiro atoms. The van der Waals surface area contributed by atoms with Crippen molar-refractivity contribution in [1.82, 2.24) is 14.5 Å². The molecule has 2 fully saturated rings. The third-order valence-electron chi connectivity index (χ3n) is 4.32. The highest BCUT2D eigenvalue weighted by molar-refractivity contribution is 7.89. The predicted molar refractivity (Wildman–Crippen MR) is 96.7 cm³/mol. The Kier molecular flexibility index (Phi) is 7.21. The third-order valence-corrected chi connectivity index (χ3v) is 6.24. The van der Waals surface area contributed by atoms with Crippen LogP contribution in [0, 0.1) is 0 Å². The van der Waals surface area contributed by atoms with Crippen molar-refractivity contribution in [2.24, 2.45) is 0 Å². The molecule has 0 radical (unpaired) electrons. The molecule has 9 heteroatoms. The first kappa shape index (κ1) is 20.1. The van der Waals surface area contributed by atoms with Crippen molar-refractivity contribution in [2.75, 3.05) is 52.5 Å². The fraction of sp³-hybridized carbons (Fsp3) is 0.562. The zero-order valence-electron chi connectivity index (χ0n) is 14.0. The molecule has 0 unspecified atom stereocenters. The van der Waals surface area contributed by atoms with Gasteiger partial charge in [-0.15, -0.1) is 12.4 Å². The average molecular weight is 390 g/mol. The highest BCUT2D eigenvalue weighted by atomic mass is 35.5. The highest BCUT2D eigenvalue weighted by Crippen LogP contribution is 2.18. The minimum Gasteiger partial charge on any atom is -0.380 e.